The highest BCUT2D eigenvalue weighted by atomic mass is 32.1. The first kappa shape index (κ1) is 12.5. The monoisotopic (exact) mass is 268 g/mol. The fraction of sp³-hybridized carbons (Fsp3) is 0.0833. The van der Waals surface area contributed by atoms with E-state index in [1.807, 2.05) is 17.5 Å². The number of carbonyl (C=O) groups is 1. The van der Waals surface area contributed by atoms with Crippen LogP contribution in [0.4, 0.5) is 14.5 Å². The summed E-state index contributed by atoms with van der Waals surface area (Å²) in [6, 6.07) is 5.70. The van der Waals surface area contributed by atoms with Crippen molar-refractivity contribution < 1.29 is 13.6 Å². The van der Waals surface area contributed by atoms with Crippen molar-refractivity contribution in [1.82, 2.24) is 5.32 Å². The molecule has 0 aliphatic rings. The highest BCUT2D eigenvalue weighted by molar-refractivity contribution is 7.09. The molecular formula is C12H10F2N2OS. The molecule has 0 saturated carbocycles. The van der Waals surface area contributed by atoms with E-state index in [0.29, 0.717) is 0 Å². The van der Waals surface area contributed by atoms with Gasteiger partial charge in [0.25, 0.3) is 5.91 Å². The first-order valence-corrected chi connectivity index (χ1v) is 6.01. The third-order valence-electron chi connectivity index (χ3n) is 2.35. The Kier molecular flexibility index (Phi) is 3.57. The Morgan fingerprint density at radius 3 is 2.78 bits per heavy atom. The minimum atomic E-state index is -1.03. The molecular weight excluding hydrogens is 258 g/mol. The zero-order valence-corrected chi connectivity index (χ0v) is 10.1. The molecule has 0 atom stereocenters. The minimum absolute atomic E-state index is 0.226. The summed E-state index contributed by atoms with van der Waals surface area (Å²) in [6.45, 7) is 0.226. The Bertz CT molecular complexity index is 570. The highest BCUT2D eigenvalue weighted by Gasteiger charge is 2.19. The smallest absolute Gasteiger partial charge is 0.257 e. The van der Waals surface area contributed by atoms with Crippen molar-refractivity contribution in [3.63, 3.8) is 0 Å². The van der Waals surface area contributed by atoms with E-state index in [2.05, 4.69) is 5.32 Å². The number of hydrogen-bond donors (Lipinski definition) is 2. The zero-order valence-electron chi connectivity index (χ0n) is 9.24. The molecule has 0 aliphatic carbocycles. The van der Waals surface area contributed by atoms with E-state index in [1.54, 1.807) is 0 Å². The van der Waals surface area contributed by atoms with E-state index < -0.39 is 23.1 Å². The molecule has 2 aromatic rings. The summed E-state index contributed by atoms with van der Waals surface area (Å²) in [5.74, 6) is -2.77. The predicted molar refractivity (Wildman–Crippen MR) is 66.3 cm³/mol. The molecule has 1 aromatic carbocycles. The standard InChI is InChI=1S/C12H10F2N2OS/c13-8-3-4-9(15)11(14)10(8)12(17)16-6-7-2-1-5-18-7/h1-5H,6,15H2,(H,16,17). The van der Waals surface area contributed by atoms with Crippen LogP contribution in [0.1, 0.15) is 15.2 Å². The molecule has 6 heteroatoms. The van der Waals surface area contributed by atoms with E-state index in [4.69, 9.17) is 5.73 Å². The van der Waals surface area contributed by atoms with E-state index in [9.17, 15) is 13.6 Å². The van der Waals surface area contributed by atoms with Gasteiger partial charge < -0.3 is 11.1 Å². The van der Waals surface area contributed by atoms with Crippen molar-refractivity contribution >= 4 is 22.9 Å². The van der Waals surface area contributed by atoms with E-state index >= 15 is 0 Å². The van der Waals surface area contributed by atoms with Gasteiger partial charge in [-0.3, -0.25) is 4.79 Å². The average Bonchev–Trinajstić information content (AvgIpc) is 2.85. The second-order valence-corrected chi connectivity index (χ2v) is 4.62. The van der Waals surface area contributed by atoms with Crippen LogP contribution in [-0.2, 0) is 6.54 Å². The summed E-state index contributed by atoms with van der Waals surface area (Å²) < 4.78 is 26.9. The molecule has 0 fully saturated rings. The Morgan fingerprint density at radius 1 is 1.33 bits per heavy atom. The number of nitrogens with one attached hydrogen (secondary N) is 1. The SMILES string of the molecule is Nc1ccc(F)c(C(=O)NCc2cccs2)c1F. The fourth-order valence-corrected chi connectivity index (χ4v) is 2.09. The molecule has 18 heavy (non-hydrogen) atoms. The topological polar surface area (TPSA) is 55.1 Å². The quantitative estimate of drug-likeness (QED) is 0.840. The lowest BCUT2D eigenvalue weighted by molar-refractivity contribution is 0.0943. The first-order chi connectivity index (χ1) is 8.59. The van der Waals surface area contributed by atoms with Crippen molar-refractivity contribution in [2.24, 2.45) is 0 Å². The number of benzene rings is 1. The molecule has 0 saturated heterocycles. The molecule has 3 nitrogen and oxygen atoms in total. The molecule has 1 amide bonds. The number of nitrogens with two attached hydrogens (primary N) is 1. The van der Waals surface area contributed by atoms with E-state index in [1.165, 1.54) is 11.3 Å². The molecule has 0 aliphatic heterocycles. The number of hydrogen-bond acceptors (Lipinski definition) is 3. The van der Waals surface area contributed by atoms with Crippen LogP contribution in [0.15, 0.2) is 29.6 Å². The molecule has 0 radical (unpaired) electrons. The van der Waals surface area contributed by atoms with E-state index in [0.717, 1.165) is 17.0 Å². The fourth-order valence-electron chi connectivity index (χ4n) is 1.45. The average molecular weight is 268 g/mol. The van der Waals surface area contributed by atoms with Crippen LogP contribution in [0.25, 0.3) is 0 Å². The van der Waals surface area contributed by atoms with Crippen LogP contribution in [-0.4, -0.2) is 5.91 Å². The lowest BCUT2D eigenvalue weighted by atomic mass is 10.1. The van der Waals surface area contributed by atoms with Crippen molar-refractivity contribution in [3.8, 4) is 0 Å². The largest absolute Gasteiger partial charge is 0.396 e. The molecule has 94 valence electrons. The van der Waals surface area contributed by atoms with Crippen LogP contribution in [0, 0.1) is 11.6 Å². The van der Waals surface area contributed by atoms with Crippen LogP contribution in [0.3, 0.4) is 0 Å². The van der Waals surface area contributed by atoms with Gasteiger partial charge in [-0.05, 0) is 23.6 Å². The number of thiophene rings is 1. The lowest BCUT2D eigenvalue weighted by Crippen LogP contribution is -2.25. The molecule has 0 unspecified atom stereocenters. The molecule has 1 heterocycles. The maximum atomic E-state index is 13.6. The Hall–Kier alpha value is -1.95. The van der Waals surface area contributed by atoms with Gasteiger partial charge in [0.05, 0.1) is 12.2 Å². The zero-order chi connectivity index (χ0) is 13.1. The summed E-state index contributed by atoms with van der Waals surface area (Å²) in [7, 11) is 0. The molecule has 0 bridgehead atoms. The van der Waals surface area contributed by atoms with Crippen LogP contribution in [0.2, 0.25) is 0 Å². The summed E-state index contributed by atoms with van der Waals surface area (Å²) in [5.41, 5.74) is 4.40. The second kappa shape index (κ2) is 5.14. The molecule has 2 rings (SSSR count). The second-order valence-electron chi connectivity index (χ2n) is 3.59. The van der Waals surface area contributed by atoms with Gasteiger partial charge in [0.1, 0.15) is 11.4 Å². The summed E-state index contributed by atoms with van der Waals surface area (Å²) in [6.07, 6.45) is 0. The van der Waals surface area contributed by atoms with Crippen molar-refractivity contribution in [1.29, 1.82) is 0 Å². The Labute approximate surface area is 106 Å². The molecule has 0 spiro atoms. The lowest BCUT2D eigenvalue weighted by Gasteiger charge is -2.07. The molecule has 3 N–H and O–H groups in total. The summed E-state index contributed by atoms with van der Waals surface area (Å²) in [5, 5.41) is 4.30. The van der Waals surface area contributed by atoms with Crippen molar-refractivity contribution in [2.45, 2.75) is 6.54 Å². The summed E-state index contributed by atoms with van der Waals surface area (Å²) in [4.78, 5) is 12.6. The Morgan fingerprint density at radius 2 is 2.11 bits per heavy atom. The predicted octanol–water partition coefficient (Wildman–Crippen LogP) is 2.54. The van der Waals surface area contributed by atoms with Gasteiger partial charge in [0.15, 0.2) is 5.82 Å². The summed E-state index contributed by atoms with van der Waals surface area (Å²) >= 11 is 1.44. The number of anilines is 1. The number of rotatable bonds is 3. The highest BCUT2D eigenvalue weighted by Crippen LogP contribution is 2.18. The normalized spacial score (nSPS) is 10.3. The third-order valence-corrected chi connectivity index (χ3v) is 3.23. The van der Waals surface area contributed by atoms with Crippen LogP contribution < -0.4 is 11.1 Å². The van der Waals surface area contributed by atoms with Gasteiger partial charge in [0.2, 0.25) is 0 Å². The van der Waals surface area contributed by atoms with Gasteiger partial charge in [-0.25, -0.2) is 8.78 Å². The molecule has 1 aromatic heterocycles. The van der Waals surface area contributed by atoms with Crippen molar-refractivity contribution in [2.75, 3.05) is 5.73 Å². The van der Waals surface area contributed by atoms with Gasteiger partial charge in [-0.15, -0.1) is 11.3 Å². The number of amides is 1. The number of carbonyl (C=O) groups excluding carboxylic acids is 1. The maximum Gasteiger partial charge on any atom is 0.257 e. The van der Waals surface area contributed by atoms with Crippen molar-refractivity contribution in [3.05, 3.63) is 51.7 Å². The van der Waals surface area contributed by atoms with Gasteiger partial charge >= 0.3 is 0 Å². The number of nitrogen functional groups attached to an aromatic ring is 1. The van der Waals surface area contributed by atoms with Gasteiger partial charge in [-0.2, -0.15) is 0 Å². The van der Waals surface area contributed by atoms with Crippen LogP contribution in [0.5, 0.6) is 0 Å². The van der Waals surface area contributed by atoms with Crippen LogP contribution >= 0.6 is 11.3 Å². The number of halogens is 2. The Balaban J connectivity index is 2.16. The van der Waals surface area contributed by atoms with E-state index in [-0.39, 0.29) is 12.2 Å². The van der Waals surface area contributed by atoms with Gasteiger partial charge in [-0.1, -0.05) is 6.07 Å². The maximum absolute atomic E-state index is 13.6. The van der Waals surface area contributed by atoms with Gasteiger partial charge in [0, 0.05) is 4.88 Å². The minimum Gasteiger partial charge on any atom is -0.396 e. The third kappa shape index (κ3) is 2.48. The first-order valence-electron chi connectivity index (χ1n) is 5.13.